The fourth-order valence-electron chi connectivity index (χ4n) is 5.85. The summed E-state index contributed by atoms with van der Waals surface area (Å²) in [5.74, 6) is 4.50. The number of hydrogen-bond acceptors (Lipinski definition) is 3. The molecule has 0 radical (unpaired) electrons. The van der Waals surface area contributed by atoms with Crippen molar-refractivity contribution in [1.29, 1.82) is 0 Å². The van der Waals surface area contributed by atoms with Crippen LogP contribution >= 0.6 is 11.6 Å². The van der Waals surface area contributed by atoms with Crippen molar-refractivity contribution >= 4 is 23.2 Å². The number of anilines is 1. The molecule has 4 aliphatic carbocycles. The zero-order valence-electron chi connectivity index (χ0n) is 14.3. The molecule has 0 aromatic heterocycles. The van der Waals surface area contributed by atoms with E-state index in [-0.39, 0.29) is 11.8 Å². The van der Waals surface area contributed by atoms with Gasteiger partial charge in [0.15, 0.2) is 11.5 Å². The van der Waals surface area contributed by atoms with E-state index in [9.17, 15) is 4.79 Å². The summed E-state index contributed by atoms with van der Waals surface area (Å²) in [5.41, 5.74) is 0.643. The Kier molecular flexibility index (Phi) is 3.85. The van der Waals surface area contributed by atoms with Crippen LogP contribution in [0.15, 0.2) is 12.1 Å². The second-order valence-electron chi connectivity index (χ2n) is 8.28. The summed E-state index contributed by atoms with van der Waals surface area (Å²) in [7, 11) is 0. The molecule has 134 valence electrons. The lowest BCUT2D eigenvalue weighted by molar-refractivity contribution is -0.132. The van der Waals surface area contributed by atoms with Gasteiger partial charge in [0.05, 0.1) is 23.9 Å². The van der Waals surface area contributed by atoms with E-state index in [1.807, 2.05) is 6.07 Å². The fourth-order valence-corrected chi connectivity index (χ4v) is 6.05. The Morgan fingerprint density at radius 2 is 1.56 bits per heavy atom. The Balaban J connectivity index is 1.37. The molecule has 4 nitrogen and oxygen atoms in total. The summed E-state index contributed by atoms with van der Waals surface area (Å²) in [6.07, 6.45) is 7.19. The number of carbonyl (C=O) groups excluding carboxylic acids is 1. The van der Waals surface area contributed by atoms with Crippen molar-refractivity contribution < 1.29 is 14.3 Å². The van der Waals surface area contributed by atoms with Gasteiger partial charge in [-0.3, -0.25) is 4.79 Å². The van der Waals surface area contributed by atoms with Crippen LogP contribution in [0.3, 0.4) is 0 Å². The first-order valence-electron chi connectivity index (χ1n) is 9.57. The molecule has 0 saturated heterocycles. The van der Waals surface area contributed by atoms with Gasteiger partial charge in [-0.05, 0) is 55.8 Å². The molecule has 5 aliphatic rings. The molecule has 6 rings (SSSR count). The Morgan fingerprint density at radius 1 is 0.960 bits per heavy atom. The number of fused-ring (bicyclic) bond motifs is 1. The number of ether oxygens (including phenoxy) is 2. The number of amides is 1. The first-order valence-corrected chi connectivity index (χ1v) is 9.95. The van der Waals surface area contributed by atoms with Gasteiger partial charge in [-0.2, -0.15) is 0 Å². The van der Waals surface area contributed by atoms with E-state index >= 15 is 0 Å². The summed E-state index contributed by atoms with van der Waals surface area (Å²) < 4.78 is 11.4. The molecule has 0 unspecified atom stereocenters. The van der Waals surface area contributed by atoms with Crippen molar-refractivity contribution in [2.75, 3.05) is 18.5 Å². The topological polar surface area (TPSA) is 47.6 Å². The van der Waals surface area contributed by atoms with Crippen LogP contribution < -0.4 is 14.8 Å². The second kappa shape index (κ2) is 6.08. The molecule has 4 saturated carbocycles. The number of halogens is 1. The van der Waals surface area contributed by atoms with E-state index in [0.29, 0.717) is 47.3 Å². The van der Waals surface area contributed by atoms with Crippen molar-refractivity contribution in [2.45, 2.75) is 38.5 Å². The Bertz CT molecular complexity index is 676. The number of carbonyl (C=O) groups is 1. The molecule has 1 aliphatic heterocycles. The summed E-state index contributed by atoms with van der Waals surface area (Å²) in [5, 5.41) is 3.62. The van der Waals surface area contributed by atoms with Gasteiger partial charge in [-0.25, -0.2) is 0 Å². The average Bonchev–Trinajstić information content (AvgIpc) is 2.79. The first kappa shape index (κ1) is 15.8. The third-order valence-corrected chi connectivity index (χ3v) is 6.94. The van der Waals surface area contributed by atoms with Crippen molar-refractivity contribution in [1.82, 2.24) is 0 Å². The summed E-state index contributed by atoms with van der Waals surface area (Å²) in [4.78, 5) is 13.0. The standard InChI is InChI=1S/C20H24ClNO3/c21-15-9-17-18(25-3-1-2-24-17)10-16(15)22-20(23)19-13-5-11-4-12(7-13)8-14(19)6-11/h9-14,19H,1-8H2,(H,22,23). The first-order chi connectivity index (χ1) is 12.2. The highest BCUT2D eigenvalue weighted by atomic mass is 35.5. The summed E-state index contributed by atoms with van der Waals surface area (Å²) >= 11 is 6.40. The maximum Gasteiger partial charge on any atom is 0.228 e. The Hall–Kier alpha value is -1.42. The van der Waals surface area contributed by atoms with Gasteiger partial charge in [-0.15, -0.1) is 0 Å². The molecule has 1 aromatic carbocycles. The molecule has 25 heavy (non-hydrogen) atoms. The van der Waals surface area contributed by atoms with E-state index in [4.69, 9.17) is 21.1 Å². The molecule has 1 N–H and O–H groups in total. The maximum absolute atomic E-state index is 13.0. The minimum absolute atomic E-state index is 0.144. The van der Waals surface area contributed by atoms with Gasteiger partial charge < -0.3 is 14.8 Å². The van der Waals surface area contributed by atoms with Crippen LogP contribution in [0.4, 0.5) is 5.69 Å². The Labute approximate surface area is 153 Å². The lowest BCUT2D eigenvalue weighted by Gasteiger charge is -2.53. The number of nitrogens with one attached hydrogen (secondary N) is 1. The normalized spacial score (nSPS) is 35.3. The molecule has 4 bridgehead atoms. The molecule has 1 aromatic rings. The zero-order chi connectivity index (χ0) is 17.0. The largest absolute Gasteiger partial charge is 0.490 e. The monoisotopic (exact) mass is 361 g/mol. The van der Waals surface area contributed by atoms with E-state index < -0.39 is 0 Å². The van der Waals surface area contributed by atoms with Gasteiger partial charge in [0.2, 0.25) is 5.91 Å². The van der Waals surface area contributed by atoms with E-state index in [2.05, 4.69) is 5.32 Å². The molecule has 4 fully saturated rings. The van der Waals surface area contributed by atoms with Gasteiger partial charge >= 0.3 is 0 Å². The number of benzene rings is 1. The molecule has 0 spiro atoms. The average molecular weight is 362 g/mol. The van der Waals surface area contributed by atoms with Gasteiger partial charge in [-0.1, -0.05) is 11.6 Å². The van der Waals surface area contributed by atoms with E-state index in [1.165, 1.54) is 32.1 Å². The highest BCUT2D eigenvalue weighted by molar-refractivity contribution is 6.34. The maximum atomic E-state index is 13.0. The third-order valence-electron chi connectivity index (χ3n) is 6.62. The third kappa shape index (κ3) is 2.79. The van der Waals surface area contributed by atoms with Crippen molar-refractivity contribution in [3.05, 3.63) is 17.2 Å². The van der Waals surface area contributed by atoms with Crippen LogP contribution in [0, 0.1) is 29.6 Å². The molecule has 5 heteroatoms. The fraction of sp³-hybridized carbons (Fsp3) is 0.650. The van der Waals surface area contributed by atoms with Crippen molar-refractivity contribution in [3.8, 4) is 11.5 Å². The van der Waals surface area contributed by atoms with Crippen LogP contribution in [0.1, 0.15) is 38.5 Å². The van der Waals surface area contributed by atoms with Gasteiger partial charge in [0, 0.05) is 24.5 Å². The molecule has 1 amide bonds. The van der Waals surface area contributed by atoms with Crippen LogP contribution in [-0.4, -0.2) is 19.1 Å². The smallest absolute Gasteiger partial charge is 0.228 e. The Morgan fingerprint density at radius 3 is 2.20 bits per heavy atom. The predicted octanol–water partition coefficient (Wildman–Crippen LogP) is 4.51. The minimum atomic E-state index is 0.144. The predicted molar refractivity (Wildman–Crippen MR) is 96.2 cm³/mol. The van der Waals surface area contributed by atoms with E-state index in [0.717, 1.165) is 18.3 Å². The lowest BCUT2D eigenvalue weighted by atomic mass is 9.51. The second-order valence-corrected chi connectivity index (χ2v) is 8.68. The number of rotatable bonds is 2. The molecule has 0 atom stereocenters. The quantitative estimate of drug-likeness (QED) is 0.842. The SMILES string of the molecule is O=C(Nc1cc2c(cc1Cl)OCCCO2)C1C2CC3CC(C2)CC1C3. The molecule has 1 heterocycles. The number of hydrogen-bond donors (Lipinski definition) is 1. The highest BCUT2D eigenvalue weighted by Gasteiger charge is 2.50. The lowest BCUT2D eigenvalue weighted by Crippen LogP contribution is -2.49. The van der Waals surface area contributed by atoms with Crippen LogP contribution in [0.25, 0.3) is 0 Å². The summed E-state index contributed by atoms with van der Waals surface area (Å²) in [6, 6.07) is 3.58. The highest BCUT2D eigenvalue weighted by Crippen LogP contribution is 2.56. The van der Waals surface area contributed by atoms with Gasteiger partial charge in [0.1, 0.15) is 0 Å². The minimum Gasteiger partial charge on any atom is -0.490 e. The zero-order valence-corrected chi connectivity index (χ0v) is 15.1. The summed E-state index contributed by atoms with van der Waals surface area (Å²) in [6.45, 7) is 1.25. The molecular weight excluding hydrogens is 338 g/mol. The van der Waals surface area contributed by atoms with Gasteiger partial charge in [0.25, 0.3) is 0 Å². The van der Waals surface area contributed by atoms with Crippen molar-refractivity contribution in [2.24, 2.45) is 29.6 Å². The van der Waals surface area contributed by atoms with Crippen LogP contribution in [-0.2, 0) is 4.79 Å². The van der Waals surface area contributed by atoms with Crippen molar-refractivity contribution in [3.63, 3.8) is 0 Å². The molecular formula is C20H24ClNO3. The van der Waals surface area contributed by atoms with Crippen LogP contribution in [0.5, 0.6) is 11.5 Å². The van der Waals surface area contributed by atoms with Crippen LogP contribution in [0.2, 0.25) is 5.02 Å². The van der Waals surface area contributed by atoms with E-state index in [1.54, 1.807) is 6.07 Å².